The van der Waals surface area contributed by atoms with Crippen LogP contribution in [-0.4, -0.2) is 23.7 Å². The van der Waals surface area contributed by atoms with E-state index < -0.39 is 10.0 Å². The summed E-state index contributed by atoms with van der Waals surface area (Å²) < 4.78 is 28.1. The summed E-state index contributed by atoms with van der Waals surface area (Å²) in [5, 5.41) is 0. The monoisotopic (exact) mass is 293 g/mol. The minimum Gasteiger partial charge on any atom is -0.306 e. The van der Waals surface area contributed by atoms with Crippen molar-refractivity contribution >= 4 is 10.0 Å². The van der Waals surface area contributed by atoms with Crippen molar-refractivity contribution < 1.29 is 8.42 Å². The van der Waals surface area contributed by atoms with E-state index in [9.17, 15) is 8.42 Å². The molecule has 0 unspecified atom stereocenters. The topological polar surface area (TPSA) is 64.0 Å². The van der Waals surface area contributed by atoms with Gasteiger partial charge in [-0.1, -0.05) is 19.1 Å². The van der Waals surface area contributed by atoms with Gasteiger partial charge in [-0.05, 0) is 31.0 Å². The summed E-state index contributed by atoms with van der Waals surface area (Å²) >= 11 is 0. The van der Waals surface area contributed by atoms with Crippen molar-refractivity contribution in [2.24, 2.45) is 0 Å². The van der Waals surface area contributed by atoms with Gasteiger partial charge in [-0.15, -0.1) is 0 Å². The number of rotatable bonds is 6. The van der Waals surface area contributed by atoms with Gasteiger partial charge < -0.3 is 4.57 Å². The molecule has 0 saturated heterocycles. The van der Waals surface area contributed by atoms with Crippen LogP contribution >= 0.6 is 0 Å². The van der Waals surface area contributed by atoms with Crippen molar-refractivity contribution in [2.45, 2.75) is 26.3 Å². The molecule has 2 rings (SSSR count). The Hall–Kier alpha value is -1.66. The number of sulfonamides is 1. The molecular formula is C14H19N3O2S. The molecule has 0 saturated carbocycles. The molecule has 0 amide bonds. The molecule has 0 bridgehead atoms. The maximum absolute atomic E-state index is 11.7. The minimum absolute atomic E-state index is 0.157. The summed E-state index contributed by atoms with van der Waals surface area (Å²) in [4.78, 5) is 4.00. The van der Waals surface area contributed by atoms with E-state index in [0.29, 0.717) is 6.42 Å². The summed E-state index contributed by atoms with van der Waals surface area (Å²) in [6, 6.07) is 7.51. The predicted octanol–water partition coefficient (Wildman–Crippen LogP) is 2.26. The molecule has 108 valence electrons. The zero-order chi connectivity index (χ0) is 14.6. The third kappa shape index (κ3) is 3.68. The number of hydrogen-bond acceptors (Lipinski definition) is 3. The molecule has 0 fully saturated rings. The van der Waals surface area contributed by atoms with Crippen LogP contribution in [0.5, 0.6) is 0 Å². The van der Waals surface area contributed by atoms with Crippen LogP contribution in [0.15, 0.2) is 43.0 Å². The lowest BCUT2D eigenvalue weighted by Gasteiger charge is -2.15. The van der Waals surface area contributed by atoms with Crippen LogP contribution in [-0.2, 0) is 10.0 Å². The van der Waals surface area contributed by atoms with Gasteiger partial charge in [-0.25, -0.2) is 18.1 Å². The standard InChI is InChI=1S/C14H19N3O2S/c1-3-10-20(18,19)16-12(2)13-4-6-14(7-5-13)17-9-8-15-11-17/h4-9,11-12,16H,3,10H2,1-2H3/t12-/m1/s1. The average Bonchev–Trinajstić information content (AvgIpc) is 2.92. The molecule has 0 aliphatic heterocycles. The molecule has 1 aromatic heterocycles. The molecule has 5 nitrogen and oxygen atoms in total. The van der Waals surface area contributed by atoms with Crippen LogP contribution in [0.1, 0.15) is 31.9 Å². The first-order valence-electron chi connectivity index (χ1n) is 6.60. The summed E-state index contributed by atoms with van der Waals surface area (Å²) in [7, 11) is -3.20. The van der Waals surface area contributed by atoms with Crippen LogP contribution < -0.4 is 4.72 Å². The van der Waals surface area contributed by atoms with Gasteiger partial charge in [-0.3, -0.25) is 0 Å². The largest absolute Gasteiger partial charge is 0.306 e. The van der Waals surface area contributed by atoms with Gasteiger partial charge in [0.2, 0.25) is 10.0 Å². The zero-order valence-corrected chi connectivity index (χ0v) is 12.5. The fourth-order valence-corrected chi connectivity index (χ4v) is 3.34. The van der Waals surface area contributed by atoms with Gasteiger partial charge in [0.05, 0.1) is 12.1 Å². The molecule has 1 heterocycles. The Balaban J connectivity index is 2.10. The lowest BCUT2D eigenvalue weighted by atomic mass is 10.1. The number of nitrogens with zero attached hydrogens (tertiary/aromatic N) is 2. The second-order valence-corrected chi connectivity index (χ2v) is 6.59. The van der Waals surface area contributed by atoms with Gasteiger partial charge in [-0.2, -0.15) is 0 Å². The molecule has 0 aliphatic rings. The fourth-order valence-electron chi connectivity index (χ4n) is 2.01. The number of benzene rings is 1. The van der Waals surface area contributed by atoms with E-state index in [0.717, 1.165) is 11.3 Å². The van der Waals surface area contributed by atoms with Gasteiger partial charge >= 0.3 is 0 Å². The smallest absolute Gasteiger partial charge is 0.212 e. The maximum atomic E-state index is 11.7. The Bertz CT molecular complexity index is 634. The number of hydrogen-bond donors (Lipinski definition) is 1. The van der Waals surface area contributed by atoms with E-state index in [2.05, 4.69) is 9.71 Å². The zero-order valence-electron chi connectivity index (χ0n) is 11.7. The van der Waals surface area contributed by atoms with Gasteiger partial charge in [0, 0.05) is 24.1 Å². The first kappa shape index (κ1) is 14.7. The molecular weight excluding hydrogens is 274 g/mol. The van der Waals surface area contributed by atoms with Crippen LogP contribution in [0.3, 0.4) is 0 Å². The lowest BCUT2D eigenvalue weighted by molar-refractivity contribution is 0.565. The van der Waals surface area contributed by atoms with E-state index in [-0.39, 0.29) is 11.8 Å². The minimum atomic E-state index is -3.20. The molecule has 1 N–H and O–H groups in total. The molecule has 6 heteroatoms. The molecule has 20 heavy (non-hydrogen) atoms. The van der Waals surface area contributed by atoms with Crippen molar-refractivity contribution in [1.29, 1.82) is 0 Å². The van der Waals surface area contributed by atoms with Crippen molar-refractivity contribution in [1.82, 2.24) is 14.3 Å². The Morgan fingerprint density at radius 3 is 2.55 bits per heavy atom. The van der Waals surface area contributed by atoms with Crippen molar-refractivity contribution in [3.8, 4) is 5.69 Å². The summed E-state index contributed by atoms with van der Waals surface area (Å²) in [6.07, 6.45) is 5.92. The third-order valence-corrected chi connectivity index (χ3v) is 4.68. The van der Waals surface area contributed by atoms with Gasteiger partial charge in [0.15, 0.2) is 0 Å². The van der Waals surface area contributed by atoms with Crippen molar-refractivity contribution in [2.75, 3.05) is 5.75 Å². The highest BCUT2D eigenvalue weighted by molar-refractivity contribution is 7.89. The molecule has 0 radical (unpaired) electrons. The normalized spacial score (nSPS) is 13.3. The Labute approximate surface area is 119 Å². The van der Waals surface area contributed by atoms with Crippen LogP contribution in [0, 0.1) is 0 Å². The molecule has 0 aliphatic carbocycles. The van der Waals surface area contributed by atoms with Crippen molar-refractivity contribution in [3.63, 3.8) is 0 Å². The number of nitrogens with one attached hydrogen (secondary N) is 1. The van der Waals surface area contributed by atoms with E-state index in [1.807, 2.05) is 48.9 Å². The fraction of sp³-hybridized carbons (Fsp3) is 0.357. The first-order valence-corrected chi connectivity index (χ1v) is 8.25. The van der Waals surface area contributed by atoms with E-state index in [1.165, 1.54) is 0 Å². The Morgan fingerprint density at radius 1 is 1.30 bits per heavy atom. The average molecular weight is 293 g/mol. The summed E-state index contributed by atoms with van der Waals surface area (Å²) in [6.45, 7) is 3.70. The molecule has 0 spiro atoms. The number of imidazole rings is 1. The quantitative estimate of drug-likeness (QED) is 0.888. The first-order chi connectivity index (χ1) is 9.52. The second kappa shape index (κ2) is 6.19. The SMILES string of the molecule is CCCS(=O)(=O)N[C@H](C)c1ccc(-n2ccnc2)cc1. The Kier molecular flexibility index (Phi) is 4.57. The highest BCUT2D eigenvalue weighted by Gasteiger charge is 2.14. The number of aromatic nitrogens is 2. The Morgan fingerprint density at radius 2 is 2.00 bits per heavy atom. The molecule has 1 atom stereocenters. The predicted molar refractivity (Wildman–Crippen MR) is 79.2 cm³/mol. The van der Waals surface area contributed by atoms with Crippen LogP contribution in [0.4, 0.5) is 0 Å². The third-order valence-electron chi connectivity index (χ3n) is 3.02. The van der Waals surface area contributed by atoms with Gasteiger partial charge in [0.25, 0.3) is 0 Å². The molecule has 2 aromatic rings. The van der Waals surface area contributed by atoms with E-state index in [4.69, 9.17) is 0 Å². The van der Waals surface area contributed by atoms with E-state index >= 15 is 0 Å². The van der Waals surface area contributed by atoms with Crippen molar-refractivity contribution in [3.05, 3.63) is 48.5 Å². The van der Waals surface area contributed by atoms with E-state index in [1.54, 1.807) is 12.5 Å². The molecule has 1 aromatic carbocycles. The second-order valence-electron chi connectivity index (χ2n) is 4.72. The van der Waals surface area contributed by atoms with Crippen LogP contribution in [0.25, 0.3) is 5.69 Å². The summed E-state index contributed by atoms with van der Waals surface area (Å²) in [5.41, 5.74) is 1.93. The summed E-state index contributed by atoms with van der Waals surface area (Å²) in [5.74, 6) is 0.157. The maximum Gasteiger partial charge on any atom is 0.212 e. The highest BCUT2D eigenvalue weighted by atomic mass is 32.2. The highest BCUT2D eigenvalue weighted by Crippen LogP contribution is 2.16. The van der Waals surface area contributed by atoms with Crippen LogP contribution in [0.2, 0.25) is 0 Å². The van der Waals surface area contributed by atoms with Gasteiger partial charge in [0.1, 0.15) is 0 Å². The lowest BCUT2D eigenvalue weighted by Crippen LogP contribution is -2.28.